The van der Waals surface area contributed by atoms with Gasteiger partial charge in [0.05, 0.1) is 42.8 Å². The van der Waals surface area contributed by atoms with Gasteiger partial charge in [0.1, 0.15) is 29.9 Å². The lowest BCUT2D eigenvalue weighted by Crippen LogP contribution is -2.38. The number of hydrogen-bond donors (Lipinski definition) is 3. The van der Waals surface area contributed by atoms with Gasteiger partial charge in [-0.05, 0) is 50.9 Å². The maximum Gasteiger partial charge on any atom is 0.431 e. The Labute approximate surface area is 263 Å². The van der Waals surface area contributed by atoms with Crippen molar-refractivity contribution >= 4 is 17.6 Å². The largest absolute Gasteiger partial charge is 0.493 e. The van der Waals surface area contributed by atoms with Crippen LogP contribution in [-0.4, -0.2) is 74.8 Å². The first-order valence-corrected chi connectivity index (χ1v) is 14.2. The average molecular weight is 652 g/mol. The van der Waals surface area contributed by atoms with Crippen LogP contribution in [0.25, 0.3) is 0 Å². The predicted octanol–water partition coefficient (Wildman–Crippen LogP) is 4.21. The highest BCUT2D eigenvalue weighted by Gasteiger charge is 2.48. The van der Waals surface area contributed by atoms with Gasteiger partial charge in [-0.15, -0.1) is 0 Å². The predicted molar refractivity (Wildman–Crippen MR) is 159 cm³/mol. The summed E-state index contributed by atoms with van der Waals surface area (Å²) in [6.07, 6.45) is -4.83. The first kappa shape index (κ1) is 35.8. The number of unbranched alkanes of at least 4 members (excludes halogenated alkanes) is 1. The van der Waals surface area contributed by atoms with Gasteiger partial charge >= 0.3 is 18.1 Å². The van der Waals surface area contributed by atoms with Crippen molar-refractivity contribution in [2.45, 2.75) is 44.9 Å². The number of halogens is 3. The van der Waals surface area contributed by atoms with Crippen LogP contribution in [0.3, 0.4) is 0 Å². The number of benzene rings is 2. The lowest BCUT2D eigenvalue weighted by Gasteiger charge is -2.32. The summed E-state index contributed by atoms with van der Waals surface area (Å²) in [6, 6.07) is 10.7. The number of carbonyl (C=O) groups is 2. The maximum absolute atomic E-state index is 14.2. The number of aryl methyl sites for hydroxylation is 1. The number of dihydropyridines is 1. The summed E-state index contributed by atoms with van der Waals surface area (Å²) in [4.78, 5) is 36.6. The van der Waals surface area contributed by atoms with E-state index in [4.69, 9.17) is 14.2 Å². The summed E-state index contributed by atoms with van der Waals surface area (Å²) in [7, 11) is 1.88. The lowest BCUT2D eigenvalue weighted by atomic mass is 9.79. The molecule has 2 aromatic rings. The number of nitrogens with one attached hydrogen (secondary N) is 2. The van der Waals surface area contributed by atoms with Crippen molar-refractivity contribution in [3.63, 3.8) is 0 Å². The van der Waals surface area contributed by atoms with Crippen molar-refractivity contribution in [3.05, 3.63) is 86.2 Å². The van der Waals surface area contributed by atoms with Crippen LogP contribution in [0.15, 0.2) is 65.0 Å². The van der Waals surface area contributed by atoms with Crippen molar-refractivity contribution in [3.8, 4) is 11.5 Å². The number of para-hydroxylation sites is 1. The van der Waals surface area contributed by atoms with Crippen molar-refractivity contribution < 1.29 is 51.7 Å². The molecular formula is C31H36F3N3O9. The molecule has 15 heteroatoms. The van der Waals surface area contributed by atoms with E-state index in [2.05, 4.69) is 15.4 Å². The summed E-state index contributed by atoms with van der Waals surface area (Å²) in [5.74, 6) is -3.65. The number of methoxy groups -OCH3 is 2. The number of aliphatic hydroxyl groups is 1. The first-order chi connectivity index (χ1) is 21.8. The number of esters is 2. The van der Waals surface area contributed by atoms with Crippen LogP contribution in [-0.2, 0) is 19.1 Å². The Morgan fingerprint density at radius 2 is 1.70 bits per heavy atom. The van der Waals surface area contributed by atoms with E-state index in [0.29, 0.717) is 25.1 Å². The Balaban J connectivity index is 1.77. The molecule has 46 heavy (non-hydrogen) atoms. The molecule has 0 aliphatic carbocycles. The summed E-state index contributed by atoms with van der Waals surface area (Å²) < 4.78 is 63.5. The smallest absolute Gasteiger partial charge is 0.431 e. The molecule has 0 amide bonds. The number of alkyl halides is 3. The third-order valence-corrected chi connectivity index (χ3v) is 7.08. The van der Waals surface area contributed by atoms with Crippen LogP contribution in [0.5, 0.6) is 11.5 Å². The van der Waals surface area contributed by atoms with Gasteiger partial charge in [-0.3, -0.25) is 10.1 Å². The van der Waals surface area contributed by atoms with Gasteiger partial charge in [0, 0.05) is 29.9 Å². The van der Waals surface area contributed by atoms with Gasteiger partial charge in [-0.25, -0.2) is 9.59 Å². The minimum Gasteiger partial charge on any atom is -0.493 e. The number of carbonyl (C=O) groups excluding carboxylic acids is 2. The number of nitrogens with zero attached hydrogens (tertiary/aromatic N) is 1. The standard InChI is InChI=1S/C31H36F3N3O9/c1-18-9-5-6-10-23(18)46-17-21(38)16-35-13-7-8-14-45-24-12-11-20(37(41)42)15-22(24)26-25(29(39)43-3)19(2)36-28(31(32,33)34)27(26)30(40)44-4/h5-6,9-12,15,21,26,35-36,38H,7-8,13-14,16-17H2,1-4H3/t21-,26?/m1/s1. The van der Waals surface area contributed by atoms with Gasteiger partial charge in [0.25, 0.3) is 5.69 Å². The van der Waals surface area contributed by atoms with E-state index in [0.717, 1.165) is 31.9 Å². The van der Waals surface area contributed by atoms with E-state index < -0.39 is 52.0 Å². The molecule has 0 saturated carbocycles. The average Bonchev–Trinajstić information content (AvgIpc) is 3.02. The van der Waals surface area contributed by atoms with Crippen LogP contribution in [0.4, 0.5) is 18.9 Å². The summed E-state index contributed by atoms with van der Waals surface area (Å²) in [5, 5.41) is 27.0. The fraction of sp³-hybridized carbons (Fsp3) is 0.419. The van der Waals surface area contributed by atoms with Crippen LogP contribution < -0.4 is 20.1 Å². The number of allylic oxidation sites excluding steroid dienone is 2. The van der Waals surface area contributed by atoms with E-state index in [1.165, 1.54) is 13.0 Å². The van der Waals surface area contributed by atoms with Crippen LogP contribution in [0, 0.1) is 17.0 Å². The van der Waals surface area contributed by atoms with Crippen LogP contribution >= 0.6 is 0 Å². The molecule has 0 fully saturated rings. The van der Waals surface area contributed by atoms with Crippen molar-refractivity contribution in [1.29, 1.82) is 0 Å². The second-order valence-corrected chi connectivity index (χ2v) is 10.3. The van der Waals surface area contributed by atoms with Crippen molar-refractivity contribution in [2.24, 2.45) is 0 Å². The van der Waals surface area contributed by atoms with E-state index in [-0.39, 0.29) is 42.3 Å². The van der Waals surface area contributed by atoms with Gasteiger partial charge in [0.2, 0.25) is 0 Å². The molecule has 1 aliphatic heterocycles. The number of nitro groups is 1. The monoisotopic (exact) mass is 651 g/mol. The number of rotatable bonds is 15. The molecule has 1 heterocycles. The van der Waals surface area contributed by atoms with Gasteiger partial charge < -0.3 is 34.7 Å². The molecule has 2 atom stereocenters. The van der Waals surface area contributed by atoms with E-state index in [1.54, 1.807) is 0 Å². The van der Waals surface area contributed by atoms with E-state index in [9.17, 15) is 38.0 Å². The summed E-state index contributed by atoms with van der Waals surface area (Å²) in [5.41, 5.74) is -2.90. The molecule has 0 bridgehead atoms. The molecule has 0 saturated heterocycles. The van der Waals surface area contributed by atoms with Gasteiger partial charge in [-0.1, -0.05) is 18.2 Å². The Morgan fingerprint density at radius 3 is 2.33 bits per heavy atom. The molecule has 3 N–H and O–H groups in total. The third-order valence-electron chi connectivity index (χ3n) is 7.08. The van der Waals surface area contributed by atoms with Crippen LogP contribution in [0.2, 0.25) is 0 Å². The zero-order valence-electron chi connectivity index (χ0n) is 25.7. The third kappa shape index (κ3) is 8.97. The van der Waals surface area contributed by atoms with E-state index in [1.807, 2.05) is 31.2 Å². The van der Waals surface area contributed by atoms with Gasteiger partial charge in [0.15, 0.2) is 0 Å². The molecule has 0 radical (unpaired) electrons. The fourth-order valence-electron chi connectivity index (χ4n) is 4.85. The highest BCUT2D eigenvalue weighted by molar-refractivity contribution is 6.00. The number of hydrogen-bond acceptors (Lipinski definition) is 11. The highest BCUT2D eigenvalue weighted by Crippen LogP contribution is 2.46. The molecule has 12 nitrogen and oxygen atoms in total. The lowest BCUT2D eigenvalue weighted by molar-refractivity contribution is -0.384. The zero-order chi connectivity index (χ0) is 34.0. The Bertz CT molecular complexity index is 1490. The molecule has 3 rings (SSSR count). The number of non-ortho nitro benzene ring substituents is 1. The fourth-order valence-corrected chi connectivity index (χ4v) is 4.85. The molecule has 0 aromatic heterocycles. The number of ether oxygens (including phenoxy) is 4. The second kappa shape index (κ2) is 16.1. The first-order valence-electron chi connectivity index (χ1n) is 14.2. The molecular weight excluding hydrogens is 615 g/mol. The second-order valence-electron chi connectivity index (χ2n) is 10.3. The topological polar surface area (TPSA) is 158 Å². The number of nitro benzene ring substituents is 1. The Morgan fingerprint density at radius 1 is 1.02 bits per heavy atom. The highest BCUT2D eigenvalue weighted by atomic mass is 19.4. The summed E-state index contributed by atoms with van der Waals surface area (Å²) in [6.45, 7) is 3.98. The molecule has 0 spiro atoms. The molecule has 1 aliphatic rings. The van der Waals surface area contributed by atoms with E-state index >= 15 is 0 Å². The normalized spacial score (nSPS) is 15.6. The minimum atomic E-state index is -5.08. The maximum atomic E-state index is 14.2. The molecule has 2 aromatic carbocycles. The molecule has 250 valence electrons. The van der Waals surface area contributed by atoms with Gasteiger partial charge in [-0.2, -0.15) is 13.2 Å². The quantitative estimate of drug-likeness (QED) is 0.110. The SMILES string of the molecule is COC(=O)C1=C(C)NC(C(F)(F)F)=C(C(=O)OC)C1c1cc([N+](=O)[O-])ccc1OCCCCNC[C@@H](O)COc1ccccc1C. The summed E-state index contributed by atoms with van der Waals surface area (Å²) >= 11 is 0. The number of aliphatic hydroxyl groups excluding tert-OH is 1. The van der Waals surface area contributed by atoms with Crippen molar-refractivity contribution in [2.75, 3.05) is 40.5 Å². The van der Waals surface area contributed by atoms with Crippen molar-refractivity contribution in [1.82, 2.24) is 10.6 Å². The Hall–Kier alpha value is -4.63. The minimum absolute atomic E-state index is 0.0378. The molecule has 1 unspecified atom stereocenters. The van der Waals surface area contributed by atoms with Crippen LogP contribution in [0.1, 0.15) is 36.8 Å². The Kier molecular flexibility index (Phi) is 12.5. The zero-order valence-corrected chi connectivity index (χ0v) is 25.7.